The highest BCUT2D eigenvalue weighted by Gasteiger charge is 2.47. The lowest BCUT2D eigenvalue weighted by Crippen LogP contribution is -2.51. The van der Waals surface area contributed by atoms with Crippen LogP contribution in [0.1, 0.15) is 44.9 Å². The molecule has 3 aliphatic heterocycles. The number of pyridine rings is 1. The van der Waals surface area contributed by atoms with Gasteiger partial charge in [0, 0.05) is 67.4 Å². The highest BCUT2D eigenvalue weighted by Crippen LogP contribution is 2.48. The third kappa shape index (κ3) is 5.04. The van der Waals surface area contributed by atoms with Crippen molar-refractivity contribution in [2.75, 3.05) is 44.2 Å². The van der Waals surface area contributed by atoms with Crippen molar-refractivity contribution in [3.63, 3.8) is 0 Å². The summed E-state index contributed by atoms with van der Waals surface area (Å²) in [6, 6.07) is 6.40. The molecule has 5 fully saturated rings. The number of nitrogens with zero attached hydrogens (tertiary/aromatic N) is 5. The first-order valence-corrected chi connectivity index (χ1v) is 17.0. The predicted molar refractivity (Wildman–Crippen MR) is 173 cm³/mol. The summed E-state index contributed by atoms with van der Waals surface area (Å²) in [6.45, 7) is 5.36. The molecule has 5 aliphatic rings. The third-order valence-corrected chi connectivity index (χ3v) is 11.5. The second-order valence-corrected chi connectivity index (χ2v) is 14.9. The van der Waals surface area contributed by atoms with Gasteiger partial charge in [0.2, 0.25) is 0 Å². The Bertz CT molecular complexity index is 1850. The molecule has 2 aromatic heterocycles. The smallest absolute Gasteiger partial charge is 0.319 e. The number of nitrogens with one attached hydrogen (secondary N) is 1. The van der Waals surface area contributed by atoms with Crippen LogP contribution < -0.4 is 15.0 Å². The Kier molecular flexibility index (Phi) is 6.81. The molecule has 2 aromatic carbocycles. The third-order valence-electron chi connectivity index (χ3n) is 11.1. The molecule has 4 aromatic rings. The van der Waals surface area contributed by atoms with Crippen LogP contribution in [0.2, 0.25) is 5.02 Å². The van der Waals surface area contributed by atoms with Crippen molar-refractivity contribution in [2.45, 2.75) is 57.0 Å². The van der Waals surface area contributed by atoms with Gasteiger partial charge in [-0.2, -0.15) is 9.97 Å². The van der Waals surface area contributed by atoms with Crippen LogP contribution in [-0.4, -0.2) is 76.4 Å². The monoisotopic (exact) mass is 646 g/mol. The molecule has 11 heteroatoms. The maximum absolute atomic E-state index is 16.8. The Balaban J connectivity index is 1.10. The Labute approximate surface area is 271 Å². The maximum Gasteiger partial charge on any atom is 0.319 e. The number of likely N-dealkylation sites (tertiary alicyclic amines) is 1. The van der Waals surface area contributed by atoms with E-state index < -0.39 is 11.6 Å². The number of piperidine rings is 1. The van der Waals surface area contributed by atoms with Crippen molar-refractivity contribution in [1.29, 1.82) is 0 Å². The summed E-state index contributed by atoms with van der Waals surface area (Å²) in [6.07, 6.45) is 10.0. The van der Waals surface area contributed by atoms with Crippen molar-refractivity contribution in [2.24, 2.45) is 17.3 Å². The van der Waals surface area contributed by atoms with Crippen molar-refractivity contribution in [3.05, 3.63) is 47.1 Å². The van der Waals surface area contributed by atoms with E-state index >= 15 is 4.39 Å². The highest BCUT2D eigenvalue weighted by molar-refractivity contribution is 6.37. The fraction of sp³-hybridized carbons (Fsp3) is 0.514. The van der Waals surface area contributed by atoms with Crippen LogP contribution in [0.25, 0.3) is 32.9 Å². The average Bonchev–Trinajstić information content (AvgIpc) is 3.61. The highest BCUT2D eigenvalue weighted by atomic mass is 35.5. The fourth-order valence-electron chi connectivity index (χ4n) is 8.71. The van der Waals surface area contributed by atoms with Crippen molar-refractivity contribution in [3.8, 4) is 23.0 Å². The standard InChI is InChI=1S/C35H37ClF2N6O2/c36-29-27(37)6-3-21-10-24(45)11-25(28(21)29)31-30(38)32-26(12-39-31)33(44-15-22-4-5-23(16-44)40-22)42-34(41-32)46-18-35(7-8-35)17-43-13-19-1-2-20(9-19)14-43/h3,6,10-12,19-20,22-23,40,45H,1-2,4-5,7-9,13-18H2/t19?,20?,22-,23+. The Hall–Kier alpha value is -3.34. The number of aromatic hydroxyl groups is 1. The van der Waals surface area contributed by atoms with Crippen LogP contribution in [0.3, 0.4) is 0 Å². The Morgan fingerprint density at radius 1 is 1.00 bits per heavy atom. The molecule has 0 radical (unpaired) electrons. The first-order valence-electron chi connectivity index (χ1n) is 16.6. The molecule has 2 aliphatic carbocycles. The van der Waals surface area contributed by atoms with Gasteiger partial charge in [-0.15, -0.1) is 0 Å². The molecule has 4 bridgehead atoms. The second kappa shape index (κ2) is 10.9. The van der Waals surface area contributed by atoms with Gasteiger partial charge in [-0.1, -0.05) is 17.7 Å². The van der Waals surface area contributed by atoms with Gasteiger partial charge >= 0.3 is 6.01 Å². The van der Waals surface area contributed by atoms with E-state index in [0.29, 0.717) is 35.3 Å². The minimum atomic E-state index is -0.693. The number of hydrogen-bond acceptors (Lipinski definition) is 8. The first kappa shape index (κ1) is 28.8. The number of anilines is 1. The largest absolute Gasteiger partial charge is 0.508 e. The lowest BCUT2D eigenvalue weighted by Gasteiger charge is -2.35. The molecule has 2 saturated carbocycles. The van der Waals surface area contributed by atoms with Gasteiger partial charge in [0.05, 0.1) is 17.0 Å². The van der Waals surface area contributed by atoms with E-state index in [1.807, 2.05) is 0 Å². The van der Waals surface area contributed by atoms with Crippen LogP contribution in [0.15, 0.2) is 30.5 Å². The van der Waals surface area contributed by atoms with Crippen LogP contribution in [0.5, 0.6) is 11.8 Å². The minimum Gasteiger partial charge on any atom is -0.508 e. The molecular formula is C35H37ClF2N6O2. The topological polar surface area (TPSA) is 86.6 Å². The van der Waals surface area contributed by atoms with E-state index in [-0.39, 0.29) is 44.4 Å². The molecule has 2 unspecified atom stereocenters. The predicted octanol–water partition coefficient (Wildman–Crippen LogP) is 6.31. The lowest BCUT2D eigenvalue weighted by atomic mass is 9.97. The van der Waals surface area contributed by atoms with Gasteiger partial charge in [0.25, 0.3) is 0 Å². The summed E-state index contributed by atoms with van der Waals surface area (Å²) in [7, 11) is 0. The number of phenolic OH excluding ortho intramolecular Hbond substituents is 1. The summed E-state index contributed by atoms with van der Waals surface area (Å²) >= 11 is 6.40. The molecule has 3 saturated heterocycles. The molecule has 2 N–H and O–H groups in total. The number of halogens is 3. The van der Waals surface area contributed by atoms with Crippen LogP contribution in [0, 0.1) is 28.9 Å². The Morgan fingerprint density at radius 2 is 1.76 bits per heavy atom. The number of phenols is 1. The molecule has 0 spiro atoms. The number of fused-ring (bicyclic) bond motifs is 6. The van der Waals surface area contributed by atoms with E-state index in [1.54, 1.807) is 6.20 Å². The minimum absolute atomic E-state index is 0.0738. The van der Waals surface area contributed by atoms with Crippen LogP contribution >= 0.6 is 11.6 Å². The summed E-state index contributed by atoms with van der Waals surface area (Å²) < 4.78 is 37.7. The molecule has 5 heterocycles. The van der Waals surface area contributed by atoms with Crippen LogP contribution in [0.4, 0.5) is 14.6 Å². The first-order chi connectivity index (χ1) is 22.3. The quantitative estimate of drug-likeness (QED) is 0.242. The van der Waals surface area contributed by atoms with Gasteiger partial charge in [-0.3, -0.25) is 4.98 Å². The fourth-order valence-corrected chi connectivity index (χ4v) is 8.99. The molecule has 0 amide bonds. The van der Waals surface area contributed by atoms with Gasteiger partial charge in [-0.05, 0) is 80.4 Å². The molecular weight excluding hydrogens is 610 g/mol. The normalized spacial score (nSPS) is 26.7. The summed E-state index contributed by atoms with van der Waals surface area (Å²) in [5.41, 5.74) is 0.272. The molecule has 46 heavy (non-hydrogen) atoms. The van der Waals surface area contributed by atoms with E-state index in [1.165, 1.54) is 56.6 Å². The van der Waals surface area contributed by atoms with E-state index in [0.717, 1.165) is 57.2 Å². The van der Waals surface area contributed by atoms with Crippen molar-refractivity contribution >= 4 is 39.1 Å². The number of piperazine rings is 1. The average molecular weight is 647 g/mol. The van der Waals surface area contributed by atoms with E-state index in [2.05, 4.69) is 25.1 Å². The molecule has 8 nitrogen and oxygen atoms in total. The van der Waals surface area contributed by atoms with Crippen LogP contribution in [-0.2, 0) is 0 Å². The number of benzene rings is 2. The van der Waals surface area contributed by atoms with Crippen molar-refractivity contribution in [1.82, 2.24) is 25.2 Å². The number of ether oxygens (including phenoxy) is 1. The molecule has 4 atom stereocenters. The van der Waals surface area contributed by atoms with E-state index in [4.69, 9.17) is 21.3 Å². The molecule has 240 valence electrons. The zero-order valence-corrected chi connectivity index (χ0v) is 26.4. The summed E-state index contributed by atoms with van der Waals surface area (Å²) in [5.74, 6) is 0.836. The second-order valence-electron chi connectivity index (χ2n) is 14.5. The van der Waals surface area contributed by atoms with Gasteiger partial charge in [0.15, 0.2) is 5.82 Å². The SMILES string of the molecule is Oc1cc(-c2ncc3c(N4C[C@H]5CC[C@@H](C4)N5)nc(OCC4(CN5CC6CCC(C6)C5)CC4)nc3c2F)c2c(Cl)c(F)ccc2c1. The summed E-state index contributed by atoms with van der Waals surface area (Å²) in [5, 5.41) is 15.2. The van der Waals surface area contributed by atoms with Gasteiger partial charge in [0.1, 0.15) is 28.6 Å². The van der Waals surface area contributed by atoms with E-state index in [9.17, 15) is 9.50 Å². The lowest BCUT2D eigenvalue weighted by molar-refractivity contribution is 0.110. The Morgan fingerprint density at radius 3 is 2.50 bits per heavy atom. The zero-order valence-electron chi connectivity index (χ0n) is 25.6. The molecule has 9 rings (SSSR count). The van der Waals surface area contributed by atoms with Gasteiger partial charge < -0.3 is 25.0 Å². The summed E-state index contributed by atoms with van der Waals surface area (Å²) in [4.78, 5) is 18.9. The maximum atomic E-state index is 16.8. The zero-order chi connectivity index (χ0) is 31.2. The number of rotatable bonds is 7. The van der Waals surface area contributed by atoms with Gasteiger partial charge in [-0.25, -0.2) is 8.78 Å². The number of aromatic nitrogens is 3. The number of hydrogen-bond donors (Lipinski definition) is 2. The van der Waals surface area contributed by atoms with Crippen molar-refractivity contribution < 1.29 is 18.6 Å².